The molecule has 1 fully saturated rings. The average molecular weight is 343 g/mol. The first-order valence-electron chi connectivity index (χ1n) is 8.00. The molecule has 0 radical (unpaired) electrons. The normalized spacial score (nSPS) is 15.3. The molecule has 23 heavy (non-hydrogen) atoms. The highest BCUT2D eigenvalue weighted by atomic mass is 35.5. The molecule has 130 valence electrons. The molecular weight excluding hydrogens is 316 g/mol. The summed E-state index contributed by atoms with van der Waals surface area (Å²) in [5.74, 6) is 0.669. The summed E-state index contributed by atoms with van der Waals surface area (Å²) in [6.45, 7) is 0.674. The Morgan fingerprint density at radius 2 is 1.91 bits per heavy atom. The molecule has 6 heteroatoms. The lowest BCUT2D eigenvalue weighted by molar-refractivity contribution is -0.119. The van der Waals surface area contributed by atoms with Gasteiger partial charge in [0.15, 0.2) is 18.1 Å². The highest BCUT2D eigenvalue weighted by Gasteiger charge is 2.12. The monoisotopic (exact) mass is 342 g/mol. The van der Waals surface area contributed by atoms with Crippen LogP contribution in [0, 0.1) is 0 Å². The van der Waals surface area contributed by atoms with Gasteiger partial charge >= 0.3 is 0 Å². The smallest absolute Gasteiger partial charge is 0.255 e. The molecule has 0 aliphatic heterocycles. The number of methoxy groups -OCH3 is 1. The lowest BCUT2D eigenvalue weighted by Gasteiger charge is -2.17. The van der Waals surface area contributed by atoms with Crippen LogP contribution >= 0.6 is 12.4 Å². The van der Waals surface area contributed by atoms with Crippen LogP contribution in [-0.4, -0.2) is 25.7 Å². The van der Waals surface area contributed by atoms with Gasteiger partial charge in [0.1, 0.15) is 0 Å². The number of primary amides is 1. The van der Waals surface area contributed by atoms with E-state index < -0.39 is 5.91 Å². The molecule has 0 spiro atoms. The second kappa shape index (κ2) is 10.3. The van der Waals surface area contributed by atoms with Gasteiger partial charge in [0, 0.05) is 12.6 Å². The van der Waals surface area contributed by atoms with Crippen LogP contribution in [0.4, 0.5) is 0 Å². The maximum absolute atomic E-state index is 10.8. The molecule has 0 unspecified atom stereocenters. The van der Waals surface area contributed by atoms with Crippen LogP contribution in [0.1, 0.15) is 44.1 Å². The standard InChI is InChI=1S/C17H26N2O3.ClH/c1-21-16-10-13(8-9-15(16)22-12-17(18)20)11-19-14-6-4-2-3-5-7-14;/h8-10,14,19H,2-7,11-12H2,1H3,(H2,18,20);1H. The number of nitrogens with two attached hydrogens (primary N) is 1. The SMILES string of the molecule is COc1cc(CNC2CCCCCC2)ccc1OCC(N)=O.Cl. The predicted molar refractivity (Wildman–Crippen MR) is 93.3 cm³/mol. The molecule has 3 N–H and O–H groups in total. The fourth-order valence-electron chi connectivity index (χ4n) is 2.84. The summed E-state index contributed by atoms with van der Waals surface area (Å²) in [5, 5.41) is 3.63. The number of halogens is 1. The van der Waals surface area contributed by atoms with Crippen molar-refractivity contribution in [3.05, 3.63) is 23.8 Å². The fraction of sp³-hybridized carbons (Fsp3) is 0.588. The molecular formula is C17H27ClN2O3. The van der Waals surface area contributed by atoms with Crippen molar-refractivity contribution in [1.29, 1.82) is 0 Å². The van der Waals surface area contributed by atoms with Gasteiger partial charge in [-0.15, -0.1) is 12.4 Å². The Morgan fingerprint density at radius 1 is 1.22 bits per heavy atom. The molecule has 1 aliphatic rings. The van der Waals surface area contributed by atoms with Gasteiger partial charge in [-0.2, -0.15) is 0 Å². The fourth-order valence-corrected chi connectivity index (χ4v) is 2.84. The number of amides is 1. The lowest BCUT2D eigenvalue weighted by Crippen LogP contribution is -2.27. The second-order valence-electron chi connectivity index (χ2n) is 5.81. The third-order valence-corrected chi connectivity index (χ3v) is 4.05. The summed E-state index contributed by atoms with van der Waals surface area (Å²) in [5.41, 5.74) is 6.24. The zero-order valence-corrected chi connectivity index (χ0v) is 14.5. The van der Waals surface area contributed by atoms with Crippen molar-refractivity contribution in [1.82, 2.24) is 5.32 Å². The first-order chi connectivity index (χ1) is 10.7. The molecule has 5 nitrogen and oxygen atoms in total. The highest BCUT2D eigenvalue weighted by molar-refractivity contribution is 5.85. The van der Waals surface area contributed by atoms with Crippen molar-refractivity contribution in [2.45, 2.75) is 51.1 Å². The van der Waals surface area contributed by atoms with Crippen molar-refractivity contribution in [2.24, 2.45) is 5.73 Å². The van der Waals surface area contributed by atoms with Crippen molar-refractivity contribution < 1.29 is 14.3 Å². The molecule has 0 heterocycles. The minimum Gasteiger partial charge on any atom is -0.493 e. The van der Waals surface area contributed by atoms with Crippen LogP contribution in [0.3, 0.4) is 0 Å². The Kier molecular flexibility index (Phi) is 8.81. The maximum Gasteiger partial charge on any atom is 0.255 e. The Morgan fingerprint density at radius 3 is 2.52 bits per heavy atom. The summed E-state index contributed by atoms with van der Waals surface area (Å²) >= 11 is 0. The minimum absolute atomic E-state index is 0. The lowest BCUT2D eigenvalue weighted by atomic mass is 10.1. The molecule has 1 aliphatic carbocycles. The number of hydrogen-bond acceptors (Lipinski definition) is 4. The molecule has 1 saturated carbocycles. The summed E-state index contributed by atoms with van der Waals surface area (Å²) < 4.78 is 10.7. The molecule has 1 amide bonds. The van der Waals surface area contributed by atoms with Crippen LogP contribution in [0.5, 0.6) is 11.5 Å². The van der Waals surface area contributed by atoms with Gasteiger partial charge in [0.05, 0.1) is 7.11 Å². The van der Waals surface area contributed by atoms with Gasteiger partial charge < -0.3 is 20.5 Å². The Balaban J connectivity index is 0.00000264. The van der Waals surface area contributed by atoms with Crippen LogP contribution in [0.25, 0.3) is 0 Å². The van der Waals surface area contributed by atoms with E-state index in [9.17, 15) is 4.79 Å². The summed E-state index contributed by atoms with van der Waals surface area (Å²) in [6.07, 6.45) is 7.88. The van der Waals surface area contributed by atoms with E-state index in [1.807, 2.05) is 18.2 Å². The number of benzene rings is 1. The molecule has 0 bridgehead atoms. The van der Waals surface area contributed by atoms with Crippen molar-refractivity contribution in [3.63, 3.8) is 0 Å². The van der Waals surface area contributed by atoms with E-state index in [0.717, 1.165) is 12.1 Å². The number of carbonyl (C=O) groups is 1. The third-order valence-electron chi connectivity index (χ3n) is 4.05. The predicted octanol–water partition coefficient (Wildman–Crippen LogP) is 2.79. The van der Waals surface area contributed by atoms with Crippen molar-refractivity contribution in [3.8, 4) is 11.5 Å². The minimum atomic E-state index is -0.499. The molecule has 0 atom stereocenters. The first-order valence-corrected chi connectivity index (χ1v) is 8.00. The van der Waals surface area contributed by atoms with Crippen molar-refractivity contribution in [2.75, 3.05) is 13.7 Å². The summed E-state index contributed by atoms with van der Waals surface area (Å²) in [6, 6.07) is 6.37. The van der Waals surface area contributed by atoms with E-state index in [4.69, 9.17) is 15.2 Å². The molecule has 0 aromatic heterocycles. The van der Waals surface area contributed by atoms with E-state index in [0.29, 0.717) is 17.5 Å². The molecule has 0 saturated heterocycles. The zero-order chi connectivity index (χ0) is 15.8. The maximum atomic E-state index is 10.8. The van der Waals surface area contributed by atoms with Gasteiger partial charge in [0.2, 0.25) is 0 Å². The van der Waals surface area contributed by atoms with Gasteiger partial charge in [0.25, 0.3) is 5.91 Å². The third kappa shape index (κ3) is 6.67. The van der Waals surface area contributed by atoms with Crippen LogP contribution in [0.2, 0.25) is 0 Å². The zero-order valence-electron chi connectivity index (χ0n) is 13.7. The van der Waals surface area contributed by atoms with Crippen LogP contribution in [0.15, 0.2) is 18.2 Å². The van der Waals surface area contributed by atoms with Gasteiger partial charge in [-0.1, -0.05) is 31.7 Å². The average Bonchev–Trinajstić information content (AvgIpc) is 2.79. The largest absolute Gasteiger partial charge is 0.493 e. The highest BCUT2D eigenvalue weighted by Crippen LogP contribution is 2.28. The van der Waals surface area contributed by atoms with Crippen molar-refractivity contribution >= 4 is 18.3 Å². The van der Waals surface area contributed by atoms with Crippen LogP contribution < -0.4 is 20.5 Å². The Labute approximate surface area is 144 Å². The quantitative estimate of drug-likeness (QED) is 0.747. The Bertz CT molecular complexity index is 489. The number of carbonyl (C=O) groups excluding carboxylic acids is 1. The van der Waals surface area contributed by atoms with Crippen LogP contribution in [-0.2, 0) is 11.3 Å². The number of ether oxygens (including phenoxy) is 2. The number of rotatable bonds is 7. The molecule has 2 rings (SSSR count). The Hall–Kier alpha value is -1.46. The van der Waals surface area contributed by atoms with E-state index in [2.05, 4.69) is 5.32 Å². The first kappa shape index (κ1) is 19.6. The molecule has 1 aromatic carbocycles. The van der Waals surface area contributed by atoms with E-state index in [1.54, 1.807) is 7.11 Å². The van der Waals surface area contributed by atoms with E-state index in [-0.39, 0.29) is 19.0 Å². The van der Waals surface area contributed by atoms with E-state index in [1.165, 1.54) is 38.5 Å². The van der Waals surface area contributed by atoms with Gasteiger partial charge in [-0.25, -0.2) is 0 Å². The second-order valence-corrected chi connectivity index (χ2v) is 5.81. The van der Waals surface area contributed by atoms with Gasteiger partial charge in [-0.3, -0.25) is 4.79 Å². The number of nitrogens with one attached hydrogen (secondary N) is 1. The summed E-state index contributed by atoms with van der Waals surface area (Å²) in [4.78, 5) is 10.8. The number of hydrogen-bond donors (Lipinski definition) is 2. The molecule has 1 aromatic rings. The topological polar surface area (TPSA) is 73.6 Å². The van der Waals surface area contributed by atoms with Gasteiger partial charge in [-0.05, 0) is 30.5 Å². The van der Waals surface area contributed by atoms with E-state index >= 15 is 0 Å². The summed E-state index contributed by atoms with van der Waals surface area (Å²) in [7, 11) is 1.59.